The molecule has 30 heavy (non-hydrogen) atoms. The first-order valence-corrected chi connectivity index (χ1v) is 9.16. The Kier molecular flexibility index (Phi) is 5.17. The van der Waals surface area contributed by atoms with Gasteiger partial charge in [-0.15, -0.1) is 0 Å². The molecule has 0 aliphatic rings. The van der Waals surface area contributed by atoms with Gasteiger partial charge in [-0.05, 0) is 48.5 Å². The van der Waals surface area contributed by atoms with Crippen molar-refractivity contribution in [1.29, 1.82) is 0 Å². The van der Waals surface area contributed by atoms with Gasteiger partial charge in [-0.25, -0.2) is 0 Å². The zero-order chi connectivity index (χ0) is 21.1. The number of rotatable bonds is 6. The second-order valence-corrected chi connectivity index (χ2v) is 6.53. The van der Waals surface area contributed by atoms with Crippen molar-refractivity contribution in [3.8, 4) is 17.3 Å². The van der Waals surface area contributed by atoms with Gasteiger partial charge in [-0.1, -0.05) is 12.1 Å². The smallest absolute Gasteiger partial charge is 0.235 e. The van der Waals surface area contributed by atoms with Crippen LogP contribution in [-0.2, 0) is 4.79 Å². The maximum absolute atomic E-state index is 13.0. The minimum Gasteiger partial charge on any atom is -0.478 e. The SMILES string of the molecule is CC(=O)Nc1ccc(C(=O)COc2c(-c3ccco3)oc3ccccc3c2=O)cc1. The lowest BCUT2D eigenvalue weighted by atomic mass is 10.1. The summed E-state index contributed by atoms with van der Waals surface area (Å²) in [6.45, 7) is 1.04. The lowest BCUT2D eigenvalue weighted by molar-refractivity contribution is -0.114. The van der Waals surface area contributed by atoms with Crippen molar-refractivity contribution < 1.29 is 23.2 Å². The average molecular weight is 403 g/mol. The van der Waals surface area contributed by atoms with Crippen molar-refractivity contribution >= 4 is 28.3 Å². The Morgan fingerprint density at radius 3 is 2.47 bits per heavy atom. The molecule has 4 aromatic rings. The monoisotopic (exact) mass is 403 g/mol. The van der Waals surface area contributed by atoms with Gasteiger partial charge in [0.2, 0.25) is 22.8 Å². The summed E-state index contributed by atoms with van der Waals surface area (Å²) in [6.07, 6.45) is 1.45. The van der Waals surface area contributed by atoms with Gasteiger partial charge < -0.3 is 18.9 Å². The normalized spacial score (nSPS) is 10.7. The molecule has 2 aromatic carbocycles. The number of carbonyl (C=O) groups excluding carboxylic acids is 2. The first-order valence-electron chi connectivity index (χ1n) is 9.16. The predicted molar refractivity (Wildman–Crippen MR) is 111 cm³/mol. The van der Waals surface area contributed by atoms with Gasteiger partial charge in [0.15, 0.2) is 18.2 Å². The number of hydrogen-bond acceptors (Lipinski definition) is 6. The number of anilines is 1. The lowest BCUT2D eigenvalue weighted by Crippen LogP contribution is -2.17. The van der Waals surface area contributed by atoms with Crippen LogP contribution in [-0.4, -0.2) is 18.3 Å². The van der Waals surface area contributed by atoms with Crippen LogP contribution in [0.4, 0.5) is 5.69 Å². The van der Waals surface area contributed by atoms with Crippen LogP contribution >= 0.6 is 0 Å². The summed E-state index contributed by atoms with van der Waals surface area (Å²) >= 11 is 0. The molecule has 0 radical (unpaired) electrons. The molecule has 0 saturated heterocycles. The van der Waals surface area contributed by atoms with E-state index in [0.29, 0.717) is 28.0 Å². The van der Waals surface area contributed by atoms with Crippen molar-refractivity contribution in [3.05, 3.63) is 82.7 Å². The number of ether oxygens (including phenoxy) is 1. The third-order valence-corrected chi connectivity index (χ3v) is 4.38. The number of nitrogens with one attached hydrogen (secondary N) is 1. The highest BCUT2D eigenvalue weighted by Gasteiger charge is 2.20. The van der Waals surface area contributed by atoms with Crippen LogP contribution < -0.4 is 15.5 Å². The average Bonchev–Trinajstić information content (AvgIpc) is 3.27. The Hall–Kier alpha value is -4.13. The molecular weight excluding hydrogens is 386 g/mol. The highest BCUT2D eigenvalue weighted by atomic mass is 16.5. The third-order valence-electron chi connectivity index (χ3n) is 4.38. The summed E-state index contributed by atoms with van der Waals surface area (Å²) in [4.78, 5) is 36.6. The summed E-state index contributed by atoms with van der Waals surface area (Å²) in [5, 5.41) is 2.97. The van der Waals surface area contributed by atoms with E-state index in [9.17, 15) is 14.4 Å². The topological polar surface area (TPSA) is 98.8 Å². The molecule has 2 aromatic heterocycles. The highest BCUT2D eigenvalue weighted by molar-refractivity contribution is 5.98. The molecule has 0 saturated carbocycles. The second-order valence-electron chi connectivity index (χ2n) is 6.53. The summed E-state index contributed by atoms with van der Waals surface area (Å²) in [7, 11) is 0. The van der Waals surface area contributed by atoms with Crippen LogP contribution in [0.3, 0.4) is 0 Å². The number of ketones is 1. The van der Waals surface area contributed by atoms with Crippen molar-refractivity contribution in [1.82, 2.24) is 0 Å². The van der Waals surface area contributed by atoms with E-state index >= 15 is 0 Å². The summed E-state index contributed by atoms with van der Waals surface area (Å²) < 4.78 is 16.8. The number of hydrogen-bond donors (Lipinski definition) is 1. The molecule has 0 spiro atoms. The van der Waals surface area contributed by atoms with E-state index in [1.807, 2.05) is 0 Å². The van der Waals surface area contributed by atoms with Gasteiger partial charge >= 0.3 is 0 Å². The van der Waals surface area contributed by atoms with Gasteiger partial charge in [-0.2, -0.15) is 0 Å². The van der Waals surface area contributed by atoms with Gasteiger partial charge in [0.25, 0.3) is 0 Å². The number of amides is 1. The molecule has 0 fully saturated rings. The molecular formula is C23H17NO6. The molecule has 0 atom stereocenters. The Labute approximate surface area is 170 Å². The summed E-state index contributed by atoms with van der Waals surface area (Å²) in [6, 6.07) is 16.5. The summed E-state index contributed by atoms with van der Waals surface area (Å²) in [5.41, 5.74) is 0.960. The molecule has 2 heterocycles. The first kappa shape index (κ1) is 19.2. The second kappa shape index (κ2) is 8.08. The molecule has 1 N–H and O–H groups in total. The number of Topliss-reactive ketones (excluding diaryl/α,β-unsaturated/α-hetero) is 1. The molecule has 0 unspecified atom stereocenters. The maximum atomic E-state index is 13.0. The fourth-order valence-corrected chi connectivity index (χ4v) is 2.99. The molecule has 4 rings (SSSR count). The fraction of sp³-hybridized carbons (Fsp3) is 0.0870. The van der Waals surface area contributed by atoms with E-state index in [0.717, 1.165) is 0 Å². The van der Waals surface area contributed by atoms with E-state index in [4.69, 9.17) is 13.6 Å². The minimum atomic E-state index is -0.392. The van der Waals surface area contributed by atoms with E-state index in [1.54, 1.807) is 60.7 Å². The van der Waals surface area contributed by atoms with E-state index in [2.05, 4.69) is 5.32 Å². The number of fused-ring (bicyclic) bond motifs is 1. The Morgan fingerprint density at radius 1 is 1.00 bits per heavy atom. The molecule has 1 amide bonds. The van der Waals surface area contributed by atoms with Crippen molar-refractivity contribution in [2.45, 2.75) is 6.92 Å². The van der Waals surface area contributed by atoms with Crippen LogP contribution in [0.25, 0.3) is 22.5 Å². The van der Waals surface area contributed by atoms with Crippen molar-refractivity contribution in [2.75, 3.05) is 11.9 Å². The molecule has 7 heteroatoms. The number of carbonyl (C=O) groups is 2. The predicted octanol–water partition coefficient (Wildman–Crippen LogP) is 4.27. The van der Waals surface area contributed by atoms with E-state index in [1.165, 1.54) is 13.2 Å². The van der Waals surface area contributed by atoms with Gasteiger partial charge in [-0.3, -0.25) is 14.4 Å². The van der Waals surface area contributed by atoms with Crippen LogP contribution in [0.2, 0.25) is 0 Å². The van der Waals surface area contributed by atoms with Crippen LogP contribution in [0.5, 0.6) is 5.75 Å². The molecule has 0 bridgehead atoms. The number of furan rings is 1. The Morgan fingerprint density at radius 2 is 1.77 bits per heavy atom. The molecule has 150 valence electrons. The van der Waals surface area contributed by atoms with E-state index in [-0.39, 0.29) is 29.8 Å². The zero-order valence-electron chi connectivity index (χ0n) is 16.0. The van der Waals surface area contributed by atoms with Crippen molar-refractivity contribution in [3.63, 3.8) is 0 Å². The van der Waals surface area contributed by atoms with E-state index < -0.39 is 5.43 Å². The van der Waals surface area contributed by atoms with Crippen LogP contribution in [0.1, 0.15) is 17.3 Å². The molecule has 0 aliphatic carbocycles. The Balaban J connectivity index is 1.62. The highest BCUT2D eigenvalue weighted by Crippen LogP contribution is 2.31. The fourth-order valence-electron chi connectivity index (χ4n) is 2.99. The molecule has 7 nitrogen and oxygen atoms in total. The number of benzene rings is 2. The lowest BCUT2D eigenvalue weighted by Gasteiger charge is -2.10. The van der Waals surface area contributed by atoms with Crippen LogP contribution in [0.15, 0.2) is 80.6 Å². The standard InChI is InChI=1S/C23H17NO6/c1-14(25)24-16-10-8-15(9-11-16)18(26)13-29-23-21(27)17-5-2-3-6-19(17)30-22(23)20-7-4-12-28-20/h2-12H,13H2,1H3,(H,24,25). The summed E-state index contributed by atoms with van der Waals surface area (Å²) in [5.74, 6) is -0.183. The largest absolute Gasteiger partial charge is 0.478 e. The van der Waals surface area contributed by atoms with Gasteiger partial charge in [0.1, 0.15) is 5.58 Å². The first-order chi connectivity index (χ1) is 14.5. The maximum Gasteiger partial charge on any atom is 0.235 e. The van der Waals surface area contributed by atoms with Gasteiger partial charge in [0.05, 0.1) is 11.6 Å². The third kappa shape index (κ3) is 3.86. The molecule has 0 aliphatic heterocycles. The zero-order valence-corrected chi connectivity index (χ0v) is 16.0. The quantitative estimate of drug-likeness (QED) is 0.483. The number of para-hydroxylation sites is 1. The Bertz CT molecular complexity index is 1270. The minimum absolute atomic E-state index is 0.0909. The van der Waals surface area contributed by atoms with Crippen molar-refractivity contribution in [2.24, 2.45) is 0 Å². The van der Waals surface area contributed by atoms with Crippen LogP contribution in [0, 0.1) is 0 Å². The van der Waals surface area contributed by atoms with Gasteiger partial charge in [0, 0.05) is 18.2 Å².